The first kappa shape index (κ1) is 18.6. The lowest BCUT2D eigenvalue weighted by atomic mass is 10.2. The third kappa shape index (κ3) is 8.55. The van der Waals surface area contributed by atoms with Crippen LogP contribution in [0.5, 0.6) is 0 Å². The number of halogens is 1. The highest BCUT2D eigenvalue weighted by Crippen LogP contribution is 2.03. The Bertz CT molecular complexity index is 549. The van der Waals surface area contributed by atoms with Crippen molar-refractivity contribution in [3.63, 3.8) is 0 Å². The van der Waals surface area contributed by atoms with Gasteiger partial charge in [0.1, 0.15) is 5.82 Å². The molecule has 1 aromatic rings. The summed E-state index contributed by atoms with van der Waals surface area (Å²) >= 11 is 0. The van der Waals surface area contributed by atoms with E-state index in [1.165, 1.54) is 18.2 Å². The number of benzene rings is 1. The summed E-state index contributed by atoms with van der Waals surface area (Å²) in [6, 6.07) is 5.42. The van der Waals surface area contributed by atoms with Crippen LogP contribution in [0.2, 0.25) is 0 Å². The molecule has 0 aliphatic rings. The quantitative estimate of drug-likeness (QED) is 0.571. The van der Waals surface area contributed by atoms with Crippen LogP contribution >= 0.6 is 0 Å². The van der Waals surface area contributed by atoms with E-state index in [0.29, 0.717) is 38.8 Å². The molecule has 6 nitrogen and oxygen atoms in total. The molecule has 0 saturated carbocycles. The van der Waals surface area contributed by atoms with Crippen molar-refractivity contribution in [2.24, 2.45) is 0 Å². The second-order valence-corrected chi connectivity index (χ2v) is 5.07. The summed E-state index contributed by atoms with van der Waals surface area (Å²) in [4.78, 5) is 33.5. The maximum Gasteiger partial charge on any atom is 0.303 e. The number of carboxylic acids is 1. The van der Waals surface area contributed by atoms with Gasteiger partial charge in [-0.25, -0.2) is 4.39 Å². The van der Waals surface area contributed by atoms with Crippen molar-refractivity contribution in [3.05, 3.63) is 35.6 Å². The van der Waals surface area contributed by atoms with Gasteiger partial charge in [0.15, 0.2) is 0 Å². The van der Waals surface area contributed by atoms with Crippen LogP contribution in [-0.4, -0.2) is 36.0 Å². The number of hydrogen-bond donors (Lipinski definition) is 3. The molecule has 0 atom stereocenters. The number of rotatable bonds is 10. The van der Waals surface area contributed by atoms with E-state index >= 15 is 0 Å². The van der Waals surface area contributed by atoms with Gasteiger partial charge in [-0.2, -0.15) is 0 Å². The molecule has 1 aromatic carbocycles. The van der Waals surface area contributed by atoms with Gasteiger partial charge in [-0.05, 0) is 37.5 Å². The summed E-state index contributed by atoms with van der Waals surface area (Å²) in [5.41, 5.74) is 0.257. The molecule has 0 aromatic heterocycles. The SMILES string of the molecule is O=C(O)CCCCC(=O)NCCCNC(=O)c1cccc(F)c1. The molecule has 126 valence electrons. The van der Waals surface area contributed by atoms with Crippen molar-refractivity contribution in [1.29, 1.82) is 0 Å². The van der Waals surface area contributed by atoms with Crippen molar-refractivity contribution in [3.8, 4) is 0 Å². The monoisotopic (exact) mass is 324 g/mol. The molecule has 0 saturated heterocycles. The molecular formula is C16H21FN2O4. The van der Waals surface area contributed by atoms with Crippen LogP contribution in [0.3, 0.4) is 0 Å². The topological polar surface area (TPSA) is 95.5 Å². The number of carbonyl (C=O) groups excluding carboxylic acids is 2. The van der Waals surface area contributed by atoms with Crippen LogP contribution in [0, 0.1) is 5.82 Å². The average Bonchev–Trinajstić information content (AvgIpc) is 2.51. The van der Waals surface area contributed by atoms with Crippen molar-refractivity contribution >= 4 is 17.8 Å². The average molecular weight is 324 g/mol. The molecule has 0 spiro atoms. The molecule has 0 fully saturated rings. The van der Waals surface area contributed by atoms with Crippen LogP contribution in [0.4, 0.5) is 4.39 Å². The maximum atomic E-state index is 13.0. The van der Waals surface area contributed by atoms with Gasteiger partial charge in [0.05, 0.1) is 0 Å². The van der Waals surface area contributed by atoms with E-state index in [1.54, 1.807) is 0 Å². The van der Waals surface area contributed by atoms with Gasteiger partial charge in [0.25, 0.3) is 5.91 Å². The van der Waals surface area contributed by atoms with Gasteiger partial charge in [-0.3, -0.25) is 14.4 Å². The Labute approximate surface area is 134 Å². The van der Waals surface area contributed by atoms with E-state index in [9.17, 15) is 18.8 Å². The summed E-state index contributed by atoms with van der Waals surface area (Å²) in [7, 11) is 0. The smallest absolute Gasteiger partial charge is 0.303 e. The van der Waals surface area contributed by atoms with Crippen molar-refractivity contribution in [2.75, 3.05) is 13.1 Å². The van der Waals surface area contributed by atoms with Gasteiger partial charge in [0.2, 0.25) is 5.91 Å². The third-order valence-electron chi connectivity index (χ3n) is 3.09. The first-order valence-electron chi connectivity index (χ1n) is 7.51. The maximum absolute atomic E-state index is 13.0. The predicted octanol–water partition coefficient (Wildman–Crippen LogP) is 1.71. The highest BCUT2D eigenvalue weighted by atomic mass is 19.1. The van der Waals surface area contributed by atoms with Crippen molar-refractivity contribution in [1.82, 2.24) is 10.6 Å². The van der Waals surface area contributed by atoms with E-state index < -0.39 is 11.8 Å². The number of amides is 2. The van der Waals surface area contributed by atoms with Crippen LogP contribution in [0.1, 0.15) is 42.5 Å². The van der Waals surface area contributed by atoms with Gasteiger partial charge < -0.3 is 15.7 Å². The second kappa shape index (κ2) is 10.3. The number of carboxylic acid groups (broad SMARTS) is 1. The minimum absolute atomic E-state index is 0.0688. The Kier molecular flexibility index (Phi) is 8.34. The summed E-state index contributed by atoms with van der Waals surface area (Å²) in [5.74, 6) is -1.82. The number of unbranched alkanes of at least 4 members (excludes halogenated alkanes) is 1. The van der Waals surface area contributed by atoms with Crippen molar-refractivity contribution < 1.29 is 23.9 Å². The van der Waals surface area contributed by atoms with Gasteiger partial charge in [-0.15, -0.1) is 0 Å². The van der Waals surface area contributed by atoms with Gasteiger partial charge in [-0.1, -0.05) is 6.07 Å². The predicted molar refractivity (Wildman–Crippen MR) is 82.5 cm³/mol. The van der Waals surface area contributed by atoms with Gasteiger partial charge in [0, 0.05) is 31.5 Å². The summed E-state index contributed by atoms with van der Waals surface area (Å²) in [6.45, 7) is 0.788. The number of nitrogens with one attached hydrogen (secondary N) is 2. The first-order chi connectivity index (χ1) is 11.0. The van der Waals surface area contributed by atoms with Crippen LogP contribution in [-0.2, 0) is 9.59 Å². The molecule has 0 unspecified atom stereocenters. The highest BCUT2D eigenvalue weighted by molar-refractivity contribution is 5.94. The van der Waals surface area contributed by atoms with E-state index in [0.717, 1.165) is 6.07 Å². The summed E-state index contributed by atoms with van der Waals surface area (Å²) in [5, 5.41) is 13.8. The Morgan fingerprint density at radius 2 is 1.70 bits per heavy atom. The largest absolute Gasteiger partial charge is 0.481 e. The molecule has 0 heterocycles. The number of hydrogen-bond acceptors (Lipinski definition) is 3. The number of aliphatic carboxylic acids is 1. The lowest BCUT2D eigenvalue weighted by Crippen LogP contribution is -2.29. The summed E-state index contributed by atoms with van der Waals surface area (Å²) < 4.78 is 13.0. The first-order valence-corrected chi connectivity index (χ1v) is 7.51. The third-order valence-corrected chi connectivity index (χ3v) is 3.09. The number of carbonyl (C=O) groups is 3. The van der Waals surface area contributed by atoms with Gasteiger partial charge >= 0.3 is 5.97 Å². The highest BCUT2D eigenvalue weighted by Gasteiger charge is 2.06. The molecule has 0 aliphatic carbocycles. The zero-order valence-corrected chi connectivity index (χ0v) is 12.8. The molecule has 0 aliphatic heterocycles. The Balaban J connectivity index is 2.07. The fourth-order valence-electron chi connectivity index (χ4n) is 1.90. The normalized spacial score (nSPS) is 10.1. The molecule has 7 heteroatoms. The minimum Gasteiger partial charge on any atom is -0.481 e. The van der Waals surface area contributed by atoms with E-state index in [-0.39, 0.29) is 23.8 Å². The molecule has 3 N–H and O–H groups in total. The fraction of sp³-hybridized carbons (Fsp3) is 0.438. The molecule has 0 bridgehead atoms. The Morgan fingerprint density at radius 1 is 1.00 bits per heavy atom. The zero-order valence-electron chi connectivity index (χ0n) is 12.8. The van der Waals surface area contributed by atoms with Crippen molar-refractivity contribution in [2.45, 2.75) is 32.1 Å². The van der Waals surface area contributed by atoms with Crippen LogP contribution in [0.25, 0.3) is 0 Å². The lowest BCUT2D eigenvalue weighted by molar-refractivity contribution is -0.137. The standard InChI is InChI=1S/C16H21FN2O4/c17-13-6-3-5-12(11-13)16(23)19-10-4-9-18-14(20)7-1-2-8-15(21)22/h3,5-6,11H,1-2,4,7-10H2,(H,18,20)(H,19,23)(H,21,22). The molecular weight excluding hydrogens is 303 g/mol. The molecule has 0 radical (unpaired) electrons. The summed E-state index contributed by atoms with van der Waals surface area (Å²) in [6.07, 6.45) is 1.94. The zero-order chi connectivity index (χ0) is 17.1. The Morgan fingerprint density at radius 3 is 2.39 bits per heavy atom. The Hall–Kier alpha value is -2.44. The lowest BCUT2D eigenvalue weighted by Gasteiger charge is -2.07. The van der Waals surface area contributed by atoms with E-state index in [4.69, 9.17) is 5.11 Å². The van der Waals surface area contributed by atoms with E-state index in [2.05, 4.69) is 10.6 Å². The van der Waals surface area contributed by atoms with E-state index in [1.807, 2.05) is 0 Å². The van der Waals surface area contributed by atoms with Crippen LogP contribution in [0.15, 0.2) is 24.3 Å². The minimum atomic E-state index is -0.862. The second-order valence-electron chi connectivity index (χ2n) is 5.07. The fourth-order valence-corrected chi connectivity index (χ4v) is 1.90. The molecule has 2 amide bonds. The molecule has 1 rings (SSSR count). The molecule has 23 heavy (non-hydrogen) atoms. The van der Waals surface area contributed by atoms with Crippen LogP contribution < -0.4 is 10.6 Å².